The van der Waals surface area contributed by atoms with Gasteiger partial charge in [0.2, 0.25) is 41.4 Å². The fourth-order valence-electron chi connectivity index (χ4n) is 6.46. The van der Waals surface area contributed by atoms with Crippen LogP contribution in [0.25, 0.3) is 0 Å². The molecule has 2 heterocycles. The van der Waals surface area contributed by atoms with Crippen molar-refractivity contribution in [3.63, 3.8) is 0 Å². The van der Waals surface area contributed by atoms with Gasteiger partial charge in [0.25, 0.3) is 0 Å². The Hall–Kier alpha value is -6.62. The number of carboxylic acids is 1. The normalized spacial score (nSPS) is 15.8. The third kappa shape index (κ3) is 19.2. The molecule has 0 unspecified atom stereocenters. The molecule has 0 saturated carbocycles. The van der Waals surface area contributed by atoms with Crippen molar-refractivity contribution in [2.45, 2.75) is 107 Å². The second-order valence-corrected chi connectivity index (χ2v) is 14.8. The summed E-state index contributed by atoms with van der Waals surface area (Å²) in [6, 6.07) is -6.08. The number of nitrogens with one attached hydrogen (secondary N) is 9. The van der Waals surface area contributed by atoms with Gasteiger partial charge in [0.15, 0.2) is 5.96 Å². The molecule has 1 aliphatic rings. The van der Waals surface area contributed by atoms with Gasteiger partial charge in [-0.25, -0.2) is 9.78 Å². The van der Waals surface area contributed by atoms with Crippen molar-refractivity contribution in [1.29, 1.82) is 5.41 Å². The standard InChI is InChI=1S/C39H63N15O10/c1-2-8-25(49-31(56)18-24(55)19-42)33(58)47-21-32(57)50-27(10-5-14-41)37(62)54-16-7-12-30(54)36(61)53-29(17-23-20-45-22-48-23)35(60)51-26(9-3-4-13-40)34(59)52-28(38(63)64)11-6-15-46-39(43)44/h1,11,20,22,24-27,29-30,55H,3-10,12-19,21,40-42H2,(H,45,48)(H,47,58)(H,49,56)(H,50,57)(H,51,60)(H,52,59)(H,53,61)(H,63,64)(H4,43,44,46)/b28-11-/t24-,25+,26+,27-,29+,30+/m1/s1. The Morgan fingerprint density at radius 3 is 2.25 bits per heavy atom. The Morgan fingerprint density at radius 1 is 0.922 bits per heavy atom. The van der Waals surface area contributed by atoms with Gasteiger partial charge in [-0.15, -0.1) is 12.3 Å². The van der Waals surface area contributed by atoms with Gasteiger partial charge in [-0.3, -0.25) is 39.0 Å². The van der Waals surface area contributed by atoms with Crippen LogP contribution in [0.1, 0.15) is 69.9 Å². The quantitative estimate of drug-likeness (QED) is 0.0117. The molecule has 0 spiro atoms. The Bertz CT molecular complexity index is 1820. The summed E-state index contributed by atoms with van der Waals surface area (Å²) < 4.78 is 0. The van der Waals surface area contributed by atoms with Crippen LogP contribution in [0.2, 0.25) is 0 Å². The Kier molecular flexibility index (Phi) is 24.1. The number of nitrogens with zero attached hydrogens (tertiary/aromatic N) is 2. The first-order valence-electron chi connectivity index (χ1n) is 20.8. The molecule has 0 aliphatic carbocycles. The molecule has 25 heteroatoms. The summed E-state index contributed by atoms with van der Waals surface area (Å²) in [4.78, 5) is 114. The Balaban J connectivity index is 2.24. The van der Waals surface area contributed by atoms with Gasteiger partial charge >= 0.3 is 5.97 Å². The van der Waals surface area contributed by atoms with Gasteiger partial charge in [-0.1, -0.05) is 6.08 Å². The van der Waals surface area contributed by atoms with E-state index in [-0.39, 0.29) is 83.6 Å². The largest absolute Gasteiger partial charge is 0.477 e. The number of hydrogen-bond donors (Lipinski definition) is 15. The van der Waals surface area contributed by atoms with E-state index in [0.29, 0.717) is 31.4 Å². The van der Waals surface area contributed by atoms with Crippen molar-refractivity contribution >= 4 is 53.3 Å². The maximum Gasteiger partial charge on any atom is 0.352 e. The highest BCUT2D eigenvalue weighted by molar-refractivity contribution is 5.98. The van der Waals surface area contributed by atoms with Gasteiger partial charge in [0.1, 0.15) is 35.9 Å². The second kappa shape index (κ2) is 28.9. The first-order valence-corrected chi connectivity index (χ1v) is 20.8. The minimum absolute atomic E-state index is 0.0606. The number of imidazole rings is 1. The van der Waals surface area contributed by atoms with Crippen LogP contribution < -0.4 is 60.2 Å². The summed E-state index contributed by atoms with van der Waals surface area (Å²) in [6.07, 6.45) is 9.47. The van der Waals surface area contributed by atoms with E-state index in [1.54, 1.807) is 0 Å². The number of guanidine groups is 1. The summed E-state index contributed by atoms with van der Waals surface area (Å²) in [5.41, 5.74) is 21.9. The molecule has 1 aromatic heterocycles. The average molecular weight is 902 g/mol. The van der Waals surface area contributed by atoms with Crippen LogP contribution in [-0.2, 0) is 44.8 Å². The number of carboxylic acid groups (broad SMARTS) is 1. The zero-order valence-corrected chi connectivity index (χ0v) is 35.7. The van der Waals surface area contributed by atoms with E-state index >= 15 is 0 Å². The summed E-state index contributed by atoms with van der Waals surface area (Å²) >= 11 is 0. The number of unbranched alkanes of at least 4 members (excludes halogenated alkanes) is 1. The molecule has 6 atom stereocenters. The zero-order chi connectivity index (χ0) is 47.6. The number of aromatic amines is 1. The number of nitrogens with two attached hydrogens (primary N) is 4. The molecular weight excluding hydrogens is 839 g/mol. The van der Waals surface area contributed by atoms with E-state index in [1.165, 1.54) is 23.5 Å². The van der Waals surface area contributed by atoms with Crippen molar-refractivity contribution < 1.29 is 48.6 Å². The molecule has 1 aromatic rings. The second-order valence-electron chi connectivity index (χ2n) is 14.8. The third-order valence-corrected chi connectivity index (χ3v) is 9.75. The summed E-state index contributed by atoms with van der Waals surface area (Å²) in [5.74, 6) is -4.74. The van der Waals surface area contributed by atoms with Crippen LogP contribution in [0.5, 0.6) is 0 Å². The molecule has 64 heavy (non-hydrogen) atoms. The first-order chi connectivity index (χ1) is 30.5. The van der Waals surface area contributed by atoms with Gasteiger partial charge < -0.3 is 80.2 Å². The molecule has 0 radical (unpaired) electrons. The summed E-state index contributed by atoms with van der Waals surface area (Å²) in [5, 5.41) is 44.1. The van der Waals surface area contributed by atoms with Crippen molar-refractivity contribution in [2.24, 2.45) is 22.9 Å². The molecule has 7 amide bonds. The van der Waals surface area contributed by atoms with Crippen LogP contribution in [0.15, 0.2) is 24.3 Å². The van der Waals surface area contributed by atoms with Gasteiger partial charge in [-0.2, -0.15) is 0 Å². The predicted molar refractivity (Wildman–Crippen MR) is 230 cm³/mol. The number of carbonyl (C=O) groups is 8. The highest BCUT2D eigenvalue weighted by Gasteiger charge is 2.39. The average Bonchev–Trinajstić information content (AvgIpc) is 3.97. The Labute approximate surface area is 370 Å². The number of carbonyl (C=O) groups excluding carboxylic acids is 7. The molecular formula is C39H63N15O10. The van der Waals surface area contributed by atoms with E-state index in [0.717, 1.165) is 0 Å². The van der Waals surface area contributed by atoms with E-state index in [2.05, 4.69) is 53.1 Å². The SMILES string of the molecule is C#CC[C@H](NC(=O)C[C@@H](O)CN)C(=O)NCC(=O)N[C@H](CCCN)C(=O)N1CCC[C@H]1C(=O)N[C@@H](Cc1cnc[nH]1)C(=O)N[C@@H](CCCCN)C(=O)N/C(=C\CCNC(=N)N)C(=O)O. The van der Waals surface area contributed by atoms with Crippen LogP contribution in [0.3, 0.4) is 0 Å². The number of aliphatic hydroxyl groups is 1. The highest BCUT2D eigenvalue weighted by atomic mass is 16.4. The van der Waals surface area contributed by atoms with Crippen LogP contribution in [-0.4, -0.2) is 154 Å². The van der Waals surface area contributed by atoms with Crippen molar-refractivity contribution in [3.05, 3.63) is 30.0 Å². The smallest absolute Gasteiger partial charge is 0.352 e. The number of aliphatic hydroxyl groups excluding tert-OH is 1. The predicted octanol–water partition coefficient (Wildman–Crippen LogP) is -5.44. The number of aromatic nitrogens is 2. The van der Waals surface area contributed by atoms with Crippen LogP contribution in [0.4, 0.5) is 0 Å². The first kappa shape index (κ1) is 53.5. The molecule has 0 aromatic carbocycles. The lowest BCUT2D eigenvalue weighted by Gasteiger charge is -2.30. The van der Waals surface area contributed by atoms with E-state index in [4.69, 9.17) is 34.8 Å². The highest BCUT2D eigenvalue weighted by Crippen LogP contribution is 2.20. The number of rotatable bonds is 29. The number of hydrogen-bond acceptors (Lipinski definition) is 14. The van der Waals surface area contributed by atoms with Crippen molar-refractivity contribution in [2.75, 3.05) is 39.3 Å². The minimum Gasteiger partial charge on any atom is -0.477 e. The maximum absolute atomic E-state index is 14.0. The molecule has 2 rings (SSSR count). The fraction of sp³-hybridized carbons (Fsp3) is 0.590. The van der Waals surface area contributed by atoms with E-state index in [1.807, 2.05) is 0 Å². The zero-order valence-electron chi connectivity index (χ0n) is 35.7. The maximum atomic E-state index is 14.0. The minimum atomic E-state index is -1.45. The van der Waals surface area contributed by atoms with E-state index in [9.17, 15) is 48.6 Å². The molecule has 1 fully saturated rings. The number of aliphatic carboxylic acids is 1. The molecule has 1 saturated heterocycles. The van der Waals surface area contributed by atoms with Crippen molar-refractivity contribution in [1.82, 2.24) is 52.1 Å². The number of likely N-dealkylation sites (tertiary alicyclic amines) is 1. The fourth-order valence-corrected chi connectivity index (χ4v) is 6.46. The van der Waals surface area contributed by atoms with Crippen LogP contribution in [0, 0.1) is 17.8 Å². The summed E-state index contributed by atoms with van der Waals surface area (Å²) in [6.45, 7) is -0.111. The number of amides is 7. The molecule has 19 N–H and O–H groups in total. The molecule has 1 aliphatic heterocycles. The van der Waals surface area contributed by atoms with Crippen LogP contribution >= 0.6 is 0 Å². The van der Waals surface area contributed by atoms with Gasteiger partial charge in [-0.05, 0) is 64.5 Å². The molecule has 354 valence electrons. The molecule has 25 nitrogen and oxygen atoms in total. The Morgan fingerprint density at radius 2 is 1.62 bits per heavy atom. The van der Waals surface area contributed by atoms with Crippen molar-refractivity contribution in [3.8, 4) is 12.3 Å². The molecule has 0 bridgehead atoms. The summed E-state index contributed by atoms with van der Waals surface area (Å²) in [7, 11) is 0. The van der Waals surface area contributed by atoms with E-state index < -0.39 is 95.9 Å². The number of terminal acetylenes is 1. The third-order valence-electron chi connectivity index (χ3n) is 9.75. The number of H-pyrrole nitrogens is 1. The monoisotopic (exact) mass is 901 g/mol. The lowest BCUT2D eigenvalue weighted by atomic mass is 10.1. The van der Waals surface area contributed by atoms with Gasteiger partial charge in [0, 0.05) is 44.4 Å². The lowest BCUT2D eigenvalue weighted by Crippen LogP contribution is -2.58. The lowest BCUT2D eigenvalue weighted by molar-refractivity contribution is -0.142. The van der Waals surface area contributed by atoms with Gasteiger partial charge in [0.05, 0.1) is 25.4 Å². The topological polar surface area (TPSA) is 421 Å².